The van der Waals surface area contributed by atoms with Gasteiger partial charge in [0.2, 0.25) is 0 Å². The predicted octanol–water partition coefficient (Wildman–Crippen LogP) is 3.90. The van der Waals surface area contributed by atoms with Gasteiger partial charge in [-0.1, -0.05) is 47.9 Å². The molecule has 0 spiro atoms. The minimum Gasteiger partial charge on any atom is -0.307 e. The standard InChI is InChI=1S/C13H14N4S3/c1-3-18-12-15-16-13(20-12)19-8-10-7-17-6-4-5-9(2)11(17)14-10/h4-7H,3,8H2,1-2H3. The molecule has 0 N–H and O–H groups in total. The normalized spacial score (nSPS) is 11.3. The molecule has 4 nitrogen and oxygen atoms in total. The molecular formula is C13H14N4S3. The molecule has 3 aromatic heterocycles. The van der Waals surface area contributed by atoms with Gasteiger partial charge in [-0.15, -0.1) is 10.2 Å². The van der Waals surface area contributed by atoms with E-state index in [1.807, 2.05) is 12.3 Å². The Morgan fingerprint density at radius 2 is 2.05 bits per heavy atom. The molecule has 0 radical (unpaired) electrons. The molecule has 0 fully saturated rings. The topological polar surface area (TPSA) is 43.1 Å². The van der Waals surface area contributed by atoms with Gasteiger partial charge in [0.15, 0.2) is 8.68 Å². The number of rotatable bonds is 5. The Bertz CT molecular complexity index is 719. The van der Waals surface area contributed by atoms with Crippen LogP contribution in [-0.2, 0) is 5.75 Å². The van der Waals surface area contributed by atoms with Gasteiger partial charge < -0.3 is 4.40 Å². The van der Waals surface area contributed by atoms with E-state index in [1.165, 1.54) is 5.56 Å². The molecule has 0 amide bonds. The van der Waals surface area contributed by atoms with E-state index in [2.05, 4.69) is 45.7 Å². The molecule has 0 unspecified atom stereocenters. The third-order valence-electron chi connectivity index (χ3n) is 2.73. The Hall–Kier alpha value is -1.05. The number of hydrogen-bond donors (Lipinski definition) is 0. The van der Waals surface area contributed by atoms with Gasteiger partial charge >= 0.3 is 0 Å². The quantitative estimate of drug-likeness (QED) is 0.667. The van der Waals surface area contributed by atoms with Crippen LogP contribution in [0, 0.1) is 6.92 Å². The van der Waals surface area contributed by atoms with Crippen LogP contribution >= 0.6 is 34.9 Å². The summed E-state index contributed by atoms with van der Waals surface area (Å²) in [5.74, 6) is 1.86. The number of fused-ring (bicyclic) bond motifs is 1. The maximum Gasteiger partial charge on any atom is 0.175 e. The maximum absolute atomic E-state index is 4.66. The molecule has 0 bridgehead atoms. The molecule has 20 heavy (non-hydrogen) atoms. The largest absolute Gasteiger partial charge is 0.307 e. The summed E-state index contributed by atoms with van der Waals surface area (Å²) in [6, 6.07) is 4.12. The summed E-state index contributed by atoms with van der Waals surface area (Å²) < 4.78 is 4.12. The lowest BCUT2D eigenvalue weighted by atomic mass is 10.3. The van der Waals surface area contributed by atoms with Gasteiger partial charge in [-0.3, -0.25) is 0 Å². The van der Waals surface area contributed by atoms with Crippen LogP contribution in [0.5, 0.6) is 0 Å². The lowest BCUT2D eigenvalue weighted by Crippen LogP contribution is -1.84. The second-order valence-corrected chi connectivity index (χ2v) is 7.92. The van der Waals surface area contributed by atoms with Gasteiger partial charge in [0.05, 0.1) is 5.69 Å². The van der Waals surface area contributed by atoms with Crippen LogP contribution in [0.1, 0.15) is 18.2 Å². The van der Waals surface area contributed by atoms with E-state index in [1.54, 1.807) is 34.9 Å². The Kier molecular flexibility index (Phi) is 4.28. The number of aryl methyl sites for hydroxylation is 1. The minimum absolute atomic E-state index is 0.826. The molecule has 0 saturated heterocycles. The average molecular weight is 322 g/mol. The van der Waals surface area contributed by atoms with Crippen molar-refractivity contribution in [3.63, 3.8) is 0 Å². The van der Waals surface area contributed by atoms with Crippen LogP contribution in [-0.4, -0.2) is 25.3 Å². The Morgan fingerprint density at radius 1 is 1.25 bits per heavy atom. The van der Waals surface area contributed by atoms with Gasteiger partial charge in [-0.05, 0) is 24.3 Å². The van der Waals surface area contributed by atoms with Crippen LogP contribution in [0.3, 0.4) is 0 Å². The number of nitrogens with zero attached hydrogens (tertiary/aromatic N) is 4. The van der Waals surface area contributed by atoms with Crippen LogP contribution in [0.15, 0.2) is 33.2 Å². The third kappa shape index (κ3) is 2.99. The van der Waals surface area contributed by atoms with E-state index in [0.29, 0.717) is 0 Å². The van der Waals surface area contributed by atoms with Gasteiger partial charge in [0, 0.05) is 18.1 Å². The number of hydrogen-bond acceptors (Lipinski definition) is 6. The highest BCUT2D eigenvalue weighted by molar-refractivity contribution is 8.02. The van der Waals surface area contributed by atoms with Crippen LogP contribution < -0.4 is 0 Å². The van der Waals surface area contributed by atoms with Crippen molar-refractivity contribution < 1.29 is 0 Å². The Labute approximate surface area is 130 Å². The van der Waals surface area contributed by atoms with Crippen LogP contribution in [0.25, 0.3) is 5.65 Å². The molecule has 0 aliphatic carbocycles. The lowest BCUT2D eigenvalue weighted by molar-refractivity contribution is 0.954. The monoisotopic (exact) mass is 322 g/mol. The smallest absolute Gasteiger partial charge is 0.175 e. The highest BCUT2D eigenvalue weighted by Gasteiger charge is 2.08. The molecular weight excluding hydrogens is 308 g/mol. The lowest BCUT2D eigenvalue weighted by Gasteiger charge is -1.94. The van der Waals surface area contributed by atoms with Gasteiger partial charge in [0.25, 0.3) is 0 Å². The second kappa shape index (κ2) is 6.15. The molecule has 104 valence electrons. The average Bonchev–Trinajstić information content (AvgIpc) is 3.04. The maximum atomic E-state index is 4.66. The van der Waals surface area contributed by atoms with Crippen LogP contribution in [0.4, 0.5) is 0 Å². The highest BCUT2D eigenvalue weighted by atomic mass is 32.2. The number of pyridine rings is 1. The fraction of sp³-hybridized carbons (Fsp3) is 0.308. The molecule has 3 rings (SSSR count). The summed E-state index contributed by atoms with van der Waals surface area (Å²) in [4.78, 5) is 4.66. The number of thioether (sulfide) groups is 2. The van der Waals surface area contributed by atoms with Gasteiger partial charge in [0.1, 0.15) is 5.65 Å². The molecule has 0 aliphatic rings. The Morgan fingerprint density at radius 3 is 2.80 bits per heavy atom. The summed E-state index contributed by atoms with van der Waals surface area (Å²) in [7, 11) is 0. The van der Waals surface area contributed by atoms with Crippen molar-refractivity contribution in [2.45, 2.75) is 28.3 Å². The fourth-order valence-corrected chi connectivity index (χ4v) is 4.65. The third-order valence-corrected chi connectivity index (χ3v) is 5.83. The van der Waals surface area contributed by atoms with Crippen molar-refractivity contribution >= 4 is 40.5 Å². The van der Waals surface area contributed by atoms with Crippen LogP contribution in [0.2, 0.25) is 0 Å². The zero-order valence-electron chi connectivity index (χ0n) is 11.2. The molecule has 0 aliphatic heterocycles. The van der Waals surface area contributed by atoms with Crippen molar-refractivity contribution in [1.82, 2.24) is 19.6 Å². The van der Waals surface area contributed by atoms with E-state index >= 15 is 0 Å². The fourth-order valence-electron chi connectivity index (χ4n) is 1.85. The second-order valence-electron chi connectivity index (χ2n) is 4.21. The van der Waals surface area contributed by atoms with Crippen molar-refractivity contribution in [2.75, 3.05) is 5.75 Å². The zero-order valence-corrected chi connectivity index (χ0v) is 13.7. The first-order valence-corrected chi connectivity index (χ1v) is 9.07. The Balaban J connectivity index is 1.71. The first-order valence-electron chi connectivity index (χ1n) is 6.28. The van der Waals surface area contributed by atoms with Gasteiger partial charge in [-0.2, -0.15) is 0 Å². The molecule has 0 saturated carbocycles. The van der Waals surface area contributed by atoms with Crippen molar-refractivity contribution in [3.05, 3.63) is 35.8 Å². The first-order chi connectivity index (χ1) is 9.76. The molecule has 0 atom stereocenters. The summed E-state index contributed by atoms with van der Waals surface area (Å²) in [6.07, 6.45) is 4.11. The SMILES string of the molecule is CCSc1nnc(SCc2cn3cccc(C)c3n2)s1. The number of imidazole rings is 1. The highest BCUT2D eigenvalue weighted by Crippen LogP contribution is 2.30. The van der Waals surface area contributed by atoms with E-state index in [9.17, 15) is 0 Å². The summed E-state index contributed by atoms with van der Waals surface area (Å²) >= 11 is 5.09. The molecule has 3 aromatic rings. The van der Waals surface area contributed by atoms with Crippen molar-refractivity contribution in [1.29, 1.82) is 0 Å². The summed E-state index contributed by atoms with van der Waals surface area (Å²) in [5.41, 5.74) is 3.30. The van der Waals surface area contributed by atoms with Crippen molar-refractivity contribution in [3.8, 4) is 0 Å². The van der Waals surface area contributed by atoms with E-state index in [0.717, 1.165) is 31.5 Å². The molecule has 0 aromatic carbocycles. The van der Waals surface area contributed by atoms with Gasteiger partial charge in [-0.25, -0.2) is 4.98 Å². The van der Waals surface area contributed by atoms with E-state index < -0.39 is 0 Å². The predicted molar refractivity (Wildman–Crippen MR) is 85.8 cm³/mol. The summed E-state index contributed by atoms with van der Waals surface area (Å²) in [6.45, 7) is 4.20. The van der Waals surface area contributed by atoms with Crippen molar-refractivity contribution in [2.24, 2.45) is 0 Å². The molecule has 7 heteroatoms. The zero-order chi connectivity index (χ0) is 13.9. The van der Waals surface area contributed by atoms with E-state index in [4.69, 9.17) is 0 Å². The first kappa shape index (κ1) is 13.9. The summed E-state index contributed by atoms with van der Waals surface area (Å²) in [5, 5.41) is 8.36. The van der Waals surface area contributed by atoms with E-state index in [-0.39, 0.29) is 0 Å². The minimum atomic E-state index is 0.826. The molecule has 3 heterocycles. The number of aromatic nitrogens is 4.